The average molecular weight is 592 g/mol. The molecule has 2 aromatic heterocycles. The van der Waals surface area contributed by atoms with E-state index in [0.29, 0.717) is 17.5 Å². The van der Waals surface area contributed by atoms with Gasteiger partial charge in [-0.3, -0.25) is 0 Å². The molecule has 0 bridgehead atoms. The number of fused-ring (bicyclic) bond motifs is 6. The van der Waals surface area contributed by atoms with E-state index in [2.05, 4.69) is 80.6 Å². The van der Waals surface area contributed by atoms with Crippen LogP contribution in [-0.4, -0.2) is 15.0 Å². The number of hydrogen-bond acceptors (Lipinski definition) is 4. The van der Waals surface area contributed by atoms with Crippen molar-refractivity contribution in [3.05, 3.63) is 151 Å². The van der Waals surface area contributed by atoms with Gasteiger partial charge >= 0.3 is 0 Å². The zero-order chi connectivity index (χ0) is 30.8. The van der Waals surface area contributed by atoms with E-state index >= 15 is 0 Å². The quantitative estimate of drug-likeness (QED) is 0.204. The third kappa shape index (κ3) is 4.18. The third-order valence-corrected chi connectivity index (χ3v) is 9.34. The molecule has 4 nitrogen and oxygen atoms in total. The number of para-hydroxylation sites is 1. The number of hydrogen-bond donors (Lipinski definition) is 0. The molecule has 1 aliphatic carbocycles. The lowest BCUT2D eigenvalue weighted by Gasteiger charge is -2.21. The maximum atomic E-state index is 6.10. The summed E-state index contributed by atoms with van der Waals surface area (Å²) >= 11 is 0. The van der Waals surface area contributed by atoms with Gasteiger partial charge in [-0.25, -0.2) is 15.0 Å². The molecule has 0 fully saturated rings. The van der Waals surface area contributed by atoms with E-state index in [9.17, 15) is 0 Å². The summed E-state index contributed by atoms with van der Waals surface area (Å²) in [5, 5.41) is 2.27. The molecule has 0 saturated carbocycles. The SMILES string of the molecule is CC1(C)c2ccc(-c3ccc4oc5ccccc5c4c3)cc2-c2cc(-c3nc(-c4ccccc4)nc(-c4ccccc4)n3)ccc21. The predicted molar refractivity (Wildman–Crippen MR) is 186 cm³/mol. The van der Waals surface area contributed by atoms with E-state index in [-0.39, 0.29) is 5.41 Å². The van der Waals surface area contributed by atoms with Crippen molar-refractivity contribution in [2.75, 3.05) is 0 Å². The minimum absolute atomic E-state index is 0.129. The van der Waals surface area contributed by atoms with Crippen molar-refractivity contribution in [1.82, 2.24) is 15.0 Å². The van der Waals surface area contributed by atoms with E-state index in [4.69, 9.17) is 19.4 Å². The van der Waals surface area contributed by atoms with Gasteiger partial charge < -0.3 is 4.42 Å². The molecule has 9 rings (SSSR count). The molecule has 0 atom stereocenters. The summed E-state index contributed by atoms with van der Waals surface area (Å²) < 4.78 is 6.10. The first-order chi connectivity index (χ1) is 22.5. The highest BCUT2D eigenvalue weighted by atomic mass is 16.3. The molecule has 0 amide bonds. The topological polar surface area (TPSA) is 51.8 Å². The van der Waals surface area contributed by atoms with Crippen LogP contribution < -0.4 is 0 Å². The Hall–Kier alpha value is -5.87. The van der Waals surface area contributed by atoms with Gasteiger partial charge in [-0.05, 0) is 63.7 Å². The van der Waals surface area contributed by atoms with Gasteiger partial charge in [0.25, 0.3) is 0 Å². The molecule has 0 N–H and O–H groups in total. The van der Waals surface area contributed by atoms with Gasteiger partial charge in [0.15, 0.2) is 17.5 Å². The smallest absolute Gasteiger partial charge is 0.164 e. The molecule has 6 aromatic carbocycles. The van der Waals surface area contributed by atoms with Crippen LogP contribution in [0.25, 0.3) is 78.4 Å². The van der Waals surface area contributed by atoms with Gasteiger partial charge in [-0.2, -0.15) is 0 Å². The first kappa shape index (κ1) is 26.5. The van der Waals surface area contributed by atoms with Crippen LogP contribution in [-0.2, 0) is 5.41 Å². The summed E-state index contributed by atoms with van der Waals surface area (Å²) in [5.74, 6) is 1.99. The van der Waals surface area contributed by atoms with Gasteiger partial charge in [0.05, 0.1) is 0 Å². The Bertz CT molecular complexity index is 2380. The summed E-state index contributed by atoms with van der Waals surface area (Å²) in [4.78, 5) is 14.9. The average Bonchev–Trinajstić information content (AvgIpc) is 3.60. The zero-order valence-corrected chi connectivity index (χ0v) is 25.5. The van der Waals surface area contributed by atoms with Gasteiger partial charge in [-0.1, -0.05) is 123 Å². The van der Waals surface area contributed by atoms with Crippen LogP contribution in [0, 0.1) is 0 Å². The Morgan fingerprint density at radius 3 is 1.54 bits per heavy atom. The maximum absolute atomic E-state index is 6.10. The minimum atomic E-state index is -0.129. The first-order valence-electron chi connectivity index (χ1n) is 15.6. The van der Waals surface area contributed by atoms with Crippen molar-refractivity contribution < 1.29 is 4.42 Å². The Balaban J connectivity index is 1.19. The van der Waals surface area contributed by atoms with Gasteiger partial charge in [0.2, 0.25) is 0 Å². The molecule has 218 valence electrons. The van der Waals surface area contributed by atoms with Crippen LogP contribution in [0.4, 0.5) is 0 Å². The molecule has 0 unspecified atom stereocenters. The number of rotatable bonds is 4. The van der Waals surface area contributed by atoms with Crippen LogP contribution in [0.1, 0.15) is 25.0 Å². The molecular weight excluding hydrogens is 562 g/mol. The van der Waals surface area contributed by atoms with Crippen LogP contribution in [0.15, 0.2) is 144 Å². The maximum Gasteiger partial charge on any atom is 0.164 e. The molecule has 0 radical (unpaired) electrons. The first-order valence-corrected chi connectivity index (χ1v) is 15.6. The van der Waals surface area contributed by atoms with E-state index in [1.165, 1.54) is 33.4 Å². The second-order valence-corrected chi connectivity index (χ2v) is 12.5. The van der Waals surface area contributed by atoms with Crippen molar-refractivity contribution in [3.8, 4) is 56.4 Å². The fourth-order valence-corrected chi connectivity index (χ4v) is 6.93. The minimum Gasteiger partial charge on any atom is -0.456 e. The molecule has 1 aliphatic rings. The Labute approximate surface area is 267 Å². The molecule has 4 heteroatoms. The summed E-state index contributed by atoms with van der Waals surface area (Å²) in [6.45, 7) is 4.62. The summed E-state index contributed by atoms with van der Waals surface area (Å²) in [6, 6.07) is 48.5. The standard InChI is InChI=1S/C42H29N3O/c1-42(2)35-20-17-28(29-19-22-38-34(24-29)31-15-9-10-16-37(31)46-38)23-32(35)33-25-30(18-21-36(33)42)41-44-39(26-11-5-3-6-12-26)43-40(45-41)27-13-7-4-8-14-27/h3-25H,1-2H3. The van der Waals surface area contributed by atoms with Crippen molar-refractivity contribution in [3.63, 3.8) is 0 Å². The molecule has 0 spiro atoms. The summed E-state index contributed by atoms with van der Waals surface area (Å²) in [7, 11) is 0. The molecule has 46 heavy (non-hydrogen) atoms. The molecule has 8 aromatic rings. The van der Waals surface area contributed by atoms with E-state index < -0.39 is 0 Å². The number of furan rings is 1. The van der Waals surface area contributed by atoms with Crippen molar-refractivity contribution in [2.45, 2.75) is 19.3 Å². The summed E-state index contributed by atoms with van der Waals surface area (Å²) in [5.41, 5.74) is 12.0. The fraction of sp³-hybridized carbons (Fsp3) is 0.0714. The monoisotopic (exact) mass is 591 g/mol. The van der Waals surface area contributed by atoms with E-state index in [1.807, 2.05) is 72.8 Å². The lowest BCUT2D eigenvalue weighted by atomic mass is 9.82. The van der Waals surface area contributed by atoms with Gasteiger partial charge in [0.1, 0.15) is 11.2 Å². The normalized spacial score (nSPS) is 13.2. The lowest BCUT2D eigenvalue weighted by Crippen LogP contribution is -2.14. The number of nitrogens with zero attached hydrogens (tertiary/aromatic N) is 3. The highest BCUT2D eigenvalue weighted by Crippen LogP contribution is 2.50. The summed E-state index contributed by atoms with van der Waals surface area (Å²) in [6.07, 6.45) is 0. The predicted octanol–water partition coefficient (Wildman–Crippen LogP) is 10.7. The number of benzene rings is 6. The largest absolute Gasteiger partial charge is 0.456 e. The van der Waals surface area contributed by atoms with E-state index in [0.717, 1.165) is 38.6 Å². The van der Waals surface area contributed by atoms with Crippen molar-refractivity contribution >= 4 is 21.9 Å². The van der Waals surface area contributed by atoms with Gasteiger partial charge in [0, 0.05) is 32.9 Å². The van der Waals surface area contributed by atoms with E-state index in [1.54, 1.807) is 0 Å². The highest BCUT2D eigenvalue weighted by molar-refractivity contribution is 6.06. The Morgan fingerprint density at radius 2 is 0.891 bits per heavy atom. The second kappa shape index (κ2) is 10.1. The second-order valence-electron chi connectivity index (χ2n) is 12.5. The zero-order valence-electron chi connectivity index (χ0n) is 25.5. The molecule has 0 aliphatic heterocycles. The van der Waals surface area contributed by atoms with Crippen molar-refractivity contribution in [2.24, 2.45) is 0 Å². The van der Waals surface area contributed by atoms with Crippen LogP contribution in [0.3, 0.4) is 0 Å². The Morgan fingerprint density at radius 1 is 0.413 bits per heavy atom. The van der Waals surface area contributed by atoms with Crippen LogP contribution >= 0.6 is 0 Å². The fourth-order valence-electron chi connectivity index (χ4n) is 6.93. The van der Waals surface area contributed by atoms with Crippen LogP contribution in [0.2, 0.25) is 0 Å². The molecule has 2 heterocycles. The van der Waals surface area contributed by atoms with Crippen LogP contribution in [0.5, 0.6) is 0 Å². The third-order valence-electron chi connectivity index (χ3n) is 9.34. The van der Waals surface area contributed by atoms with Crippen molar-refractivity contribution in [1.29, 1.82) is 0 Å². The van der Waals surface area contributed by atoms with Gasteiger partial charge in [-0.15, -0.1) is 0 Å². The lowest BCUT2D eigenvalue weighted by molar-refractivity contribution is 0.660. The molecule has 0 saturated heterocycles. The molecular formula is C42H29N3O. The highest BCUT2D eigenvalue weighted by Gasteiger charge is 2.36. The number of aromatic nitrogens is 3. The Kier molecular flexibility index (Phi) is 5.81.